The number of carbonyl (C=O) groups excluding carboxylic acids is 1. The summed E-state index contributed by atoms with van der Waals surface area (Å²) in [5, 5.41) is 10.3. The van der Waals surface area contributed by atoms with Crippen molar-refractivity contribution in [2.24, 2.45) is 0 Å². The molecule has 4 rings (SSSR count). The largest absolute Gasteiger partial charge is 0.397 e. The third kappa shape index (κ3) is 3.30. The van der Waals surface area contributed by atoms with Gasteiger partial charge in [0, 0.05) is 24.0 Å². The number of nitriles is 1. The molecule has 0 radical (unpaired) electrons. The summed E-state index contributed by atoms with van der Waals surface area (Å²) >= 11 is 1.25. The van der Waals surface area contributed by atoms with Crippen molar-refractivity contribution in [3.05, 3.63) is 40.8 Å². The van der Waals surface area contributed by atoms with Crippen LogP contribution in [0.4, 0.5) is 11.5 Å². The second-order valence-corrected chi connectivity index (χ2v) is 8.46. The Hall–Kier alpha value is -3.11. The van der Waals surface area contributed by atoms with Crippen LogP contribution in [0.2, 0.25) is 0 Å². The standard InChI is InChI=1S/C22H23N5OS/c1-27(14-10-6-3-7-11-14)22(28)19-18(24)17-16(13-8-4-2-5-9-13)15(12-23)20(25)26-21(17)29-19/h2,4-5,8-9,14H,3,6-7,10-11,24H2,1H3,(H2,25,26). The Labute approximate surface area is 173 Å². The van der Waals surface area contributed by atoms with Crippen LogP contribution in [0.25, 0.3) is 21.3 Å². The first-order chi connectivity index (χ1) is 14.0. The summed E-state index contributed by atoms with van der Waals surface area (Å²) in [7, 11) is 1.85. The number of carbonyl (C=O) groups is 1. The molecule has 4 N–H and O–H groups in total. The third-order valence-corrected chi connectivity index (χ3v) is 6.80. The number of benzene rings is 1. The zero-order chi connectivity index (χ0) is 20.5. The molecular weight excluding hydrogens is 382 g/mol. The van der Waals surface area contributed by atoms with Crippen molar-refractivity contribution in [2.45, 2.75) is 38.1 Å². The van der Waals surface area contributed by atoms with E-state index in [1.807, 2.05) is 42.3 Å². The van der Waals surface area contributed by atoms with Crippen LogP contribution in [-0.2, 0) is 0 Å². The maximum atomic E-state index is 13.3. The number of amides is 1. The van der Waals surface area contributed by atoms with Crippen molar-refractivity contribution >= 4 is 39.0 Å². The molecule has 2 heterocycles. The molecule has 0 unspecified atom stereocenters. The highest BCUT2D eigenvalue weighted by Gasteiger charge is 2.29. The van der Waals surface area contributed by atoms with E-state index < -0.39 is 0 Å². The predicted molar refractivity (Wildman–Crippen MR) is 118 cm³/mol. The molecule has 1 aliphatic rings. The summed E-state index contributed by atoms with van der Waals surface area (Å²) < 4.78 is 0. The maximum Gasteiger partial charge on any atom is 0.266 e. The van der Waals surface area contributed by atoms with Gasteiger partial charge in [-0.3, -0.25) is 4.79 Å². The van der Waals surface area contributed by atoms with E-state index in [9.17, 15) is 10.1 Å². The van der Waals surface area contributed by atoms with Gasteiger partial charge in [0.25, 0.3) is 5.91 Å². The van der Waals surface area contributed by atoms with Crippen molar-refractivity contribution in [3.8, 4) is 17.2 Å². The van der Waals surface area contributed by atoms with Gasteiger partial charge in [0.15, 0.2) is 0 Å². The molecule has 1 saturated carbocycles. The maximum absolute atomic E-state index is 13.3. The molecule has 148 valence electrons. The molecule has 1 aliphatic carbocycles. The molecule has 2 aromatic heterocycles. The zero-order valence-corrected chi connectivity index (χ0v) is 17.1. The predicted octanol–water partition coefficient (Wildman–Crippen LogP) is 4.40. The Morgan fingerprint density at radius 3 is 2.55 bits per heavy atom. The number of anilines is 2. The number of thiophene rings is 1. The molecule has 0 bridgehead atoms. The van der Waals surface area contributed by atoms with Crippen LogP contribution in [0.15, 0.2) is 30.3 Å². The minimum absolute atomic E-state index is 0.0894. The lowest BCUT2D eigenvalue weighted by Crippen LogP contribution is -2.38. The van der Waals surface area contributed by atoms with Crippen LogP contribution in [0, 0.1) is 11.3 Å². The molecular formula is C22H23N5OS. The van der Waals surface area contributed by atoms with Gasteiger partial charge >= 0.3 is 0 Å². The van der Waals surface area contributed by atoms with Crippen LogP contribution in [0.3, 0.4) is 0 Å². The first-order valence-electron chi connectivity index (χ1n) is 9.77. The number of aromatic nitrogens is 1. The molecule has 1 fully saturated rings. The fourth-order valence-corrected chi connectivity index (χ4v) is 5.22. The fourth-order valence-electron chi connectivity index (χ4n) is 4.13. The molecule has 3 aromatic rings. The lowest BCUT2D eigenvalue weighted by molar-refractivity contribution is 0.0702. The van der Waals surface area contributed by atoms with Crippen LogP contribution in [0.1, 0.15) is 47.3 Å². The summed E-state index contributed by atoms with van der Waals surface area (Å²) in [6, 6.07) is 11.9. The van der Waals surface area contributed by atoms with E-state index in [0.29, 0.717) is 26.3 Å². The number of nitrogens with two attached hydrogens (primary N) is 2. The van der Waals surface area contributed by atoms with E-state index >= 15 is 0 Å². The average molecular weight is 406 g/mol. The van der Waals surface area contributed by atoms with Crippen LogP contribution >= 0.6 is 11.3 Å². The Morgan fingerprint density at radius 2 is 1.90 bits per heavy atom. The first kappa shape index (κ1) is 19.2. The van der Waals surface area contributed by atoms with Crippen molar-refractivity contribution in [1.82, 2.24) is 9.88 Å². The van der Waals surface area contributed by atoms with Crippen LogP contribution < -0.4 is 11.5 Å². The summed E-state index contributed by atoms with van der Waals surface area (Å²) in [5.74, 6) is 0.0632. The van der Waals surface area contributed by atoms with E-state index in [1.165, 1.54) is 17.8 Å². The zero-order valence-electron chi connectivity index (χ0n) is 16.3. The lowest BCUT2D eigenvalue weighted by atomic mass is 9.94. The van der Waals surface area contributed by atoms with Crippen molar-refractivity contribution in [2.75, 3.05) is 18.5 Å². The molecule has 0 atom stereocenters. The molecule has 6 nitrogen and oxygen atoms in total. The van der Waals surface area contributed by atoms with E-state index in [-0.39, 0.29) is 23.3 Å². The molecule has 0 aliphatic heterocycles. The van der Waals surface area contributed by atoms with E-state index in [0.717, 1.165) is 31.2 Å². The Bertz CT molecular complexity index is 1110. The summed E-state index contributed by atoms with van der Waals surface area (Å²) in [4.78, 5) is 20.5. The summed E-state index contributed by atoms with van der Waals surface area (Å²) in [6.07, 6.45) is 5.56. The van der Waals surface area contributed by atoms with Crippen molar-refractivity contribution in [3.63, 3.8) is 0 Å². The topological polar surface area (TPSA) is 109 Å². The lowest BCUT2D eigenvalue weighted by Gasteiger charge is -2.31. The Kier molecular flexibility index (Phi) is 5.12. The summed E-state index contributed by atoms with van der Waals surface area (Å²) in [6.45, 7) is 0. The number of hydrogen-bond acceptors (Lipinski definition) is 6. The first-order valence-corrected chi connectivity index (χ1v) is 10.6. The fraction of sp³-hybridized carbons (Fsp3) is 0.318. The SMILES string of the molecule is CN(C(=O)c1sc2nc(N)c(C#N)c(-c3ccccc3)c2c1N)C1CCCCC1. The molecule has 0 spiro atoms. The quantitative estimate of drug-likeness (QED) is 0.671. The summed E-state index contributed by atoms with van der Waals surface area (Å²) in [5.41, 5.74) is 14.7. The van der Waals surface area contributed by atoms with Gasteiger partial charge in [-0.25, -0.2) is 4.98 Å². The van der Waals surface area contributed by atoms with Crippen molar-refractivity contribution in [1.29, 1.82) is 5.26 Å². The second kappa shape index (κ2) is 7.72. The highest BCUT2D eigenvalue weighted by atomic mass is 32.1. The van der Waals surface area contributed by atoms with Crippen LogP contribution in [-0.4, -0.2) is 28.9 Å². The van der Waals surface area contributed by atoms with Gasteiger partial charge in [-0.1, -0.05) is 49.6 Å². The number of pyridine rings is 1. The van der Waals surface area contributed by atoms with Gasteiger partial charge in [-0.05, 0) is 18.4 Å². The highest BCUT2D eigenvalue weighted by Crippen LogP contribution is 2.43. The number of rotatable bonds is 3. The molecule has 7 heteroatoms. The van der Waals surface area contributed by atoms with E-state index in [4.69, 9.17) is 11.5 Å². The van der Waals surface area contributed by atoms with Crippen LogP contribution in [0.5, 0.6) is 0 Å². The van der Waals surface area contributed by atoms with E-state index in [2.05, 4.69) is 11.1 Å². The molecule has 29 heavy (non-hydrogen) atoms. The van der Waals surface area contributed by atoms with Gasteiger partial charge in [-0.15, -0.1) is 11.3 Å². The Morgan fingerprint density at radius 1 is 1.21 bits per heavy atom. The minimum atomic E-state index is -0.0894. The minimum Gasteiger partial charge on any atom is -0.397 e. The monoisotopic (exact) mass is 405 g/mol. The number of nitrogen functional groups attached to an aromatic ring is 2. The number of fused-ring (bicyclic) bond motifs is 1. The van der Waals surface area contributed by atoms with Gasteiger partial charge in [-0.2, -0.15) is 5.26 Å². The number of hydrogen-bond donors (Lipinski definition) is 2. The third-order valence-electron chi connectivity index (χ3n) is 5.72. The van der Waals surface area contributed by atoms with Gasteiger partial charge in [0.05, 0.1) is 5.69 Å². The van der Waals surface area contributed by atoms with Crippen molar-refractivity contribution < 1.29 is 4.79 Å². The second-order valence-electron chi connectivity index (χ2n) is 7.46. The normalized spacial score (nSPS) is 14.6. The molecule has 0 saturated heterocycles. The highest BCUT2D eigenvalue weighted by molar-refractivity contribution is 7.21. The van der Waals surface area contributed by atoms with E-state index in [1.54, 1.807) is 0 Å². The van der Waals surface area contributed by atoms with Gasteiger partial charge in [0.1, 0.15) is 27.2 Å². The number of nitrogens with zero attached hydrogens (tertiary/aromatic N) is 3. The smallest absolute Gasteiger partial charge is 0.266 e. The van der Waals surface area contributed by atoms with Gasteiger partial charge < -0.3 is 16.4 Å². The molecule has 1 amide bonds. The Balaban J connectivity index is 1.88. The molecule has 1 aromatic carbocycles. The average Bonchev–Trinajstić information content (AvgIpc) is 3.08. The van der Waals surface area contributed by atoms with Gasteiger partial charge in [0.2, 0.25) is 0 Å².